The second kappa shape index (κ2) is 4.09. The molecule has 0 fully saturated rings. The first-order valence-corrected chi connectivity index (χ1v) is 4.74. The number of carbonyl (C=O) groups excluding carboxylic acids is 1. The SMILES string of the molecule is O=Cc1c(O)n(-c2ccccc2)c(=O)[nH]c1=O. The van der Waals surface area contributed by atoms with Gasteiger partial charge in [0.1, 0.15) is 5.56 Å². The van der Waals surface area contributed by atoms with Crippen LogP contribution >= 0.6 is 0 Å². The molecule has 2 aromatic rings. The van der Waals surface area contributed by atoms with Crippen LogP contribution in [0, 0.1) is 0 Å². The number of aromatic hydroxyl groups is 1. The number of hydrogen-bond donors (Lipinski definition) is 2. The molecular formula is C11H8N2O4. The van der Waals surface area contributed by atoms with Crippen LogP contribution in [-0.2, 0) is 0 Å². The van der Waals surface area contributed by atoms with Gasteiger partial charge in [0.05, 0.1) is 5.69 Å². The molecule has 0 saturated carbocycles. The largest absolute Gasteiger partial charge is 0.493 e. The minimum absolute atomic E-state index is 0.201. The van der Waals surface area contributed by atoms with E-state index in [0.717, 1.165) is 4.57 Å². The number of aromatic amines is 1. The summed E-state index contributed by atoms with van der Waals surface area (Å²) in [4.78, 5) is 35.4. The first kappa shape index (κ1) is 10.9. The van der Waals surface area contributed by atoms with E-state index in [-0.39, 0.29) is 6.29 Å². The fourth-order valence-corrected chi connectivity index (χ4v) is 1.46. The molecule has 0 aliphatic carbocycles. The molecule has 0 atom stereocenters. The number of para-hydroxylation sites is 1. The summed E-state index contributed by atoms with van der Waals surface area (Å²) in [5.74, 6) is -0.667. The Balaban J connectivity index is 2.84. The second-order valence-electron chi connectivity index (χ2n) is 3.29. The fraction of sp³-hybridized carbons (Fsp3) is 0. The molecule has 17 heavy (non-hydrogen) atoms. The smallest absolute Gasteiger partial charge is 0.335 e. The molecular weight excluding hydrogens is 224 g/mol. The molecule has 1 aromatic carbocycles. The Hall–Kier alpha value is -2.63. The summed E-state index contributed by atoms with van der Waals surface area (Å²) in [6.07, 6.45) is 0.201. The highest BCUT2D eigenvalue weighted by molar-refractivity contribution is 5.77. The molecule has 1 aromatic heterocycles. The van der Waals surface area contributed by atoms with Crippen LogP contribution in [-0.4, -0.2) is 20.9 Å². The van der Waals surface area contributed by atoms with Crippen LogP contribution in [0.5, 0.6) is 5.88 Å². The highest BCUT2D eigenvalue weighted by Gasteiger charge is 2.14. The predicted octanol–water partition coefficient (Wildman–Crippen LogP) is 0.0439. The van der Waals surface area contributed by atoms with Gasteiger partial charge >= 0.3 is 5.69 Å². The van der Waals surface area contributed by atoms with E-state index in [4.69, 9.17) is 0 Å². The number of H-pyrrole nitrogens is 1. The van der Waals surface area contributed by atoms with Gasteiger partial charge in [0.2, 0.25) is 5.88 Å². The van der Waals surface area contributed by atoms with E-state index in [1.165, 1.54) is 0 Å². The van der Waals surface area contributed by atoms with Crippen LogP contribution in [0.25, 0.3) is 5.69 Å². The van der Waals surface area contributed by atoms with Gasteiger partial charge in [-0.15, -0.1) is 0 Å². The number of aldehydes is 1. The van der Waals surface area contributed by atoms with Crippen LogP contribution in [0.1, 0.15) is 10.4 Å². The quantitative estimate of drug-likeness (QED) is 0.715. The van der Waals surface area contributed by atoms with Crippen LogP contribution < -0.4 is 11.2 Å². The third-order valence-electron chi connectivity index (χ3n) is 2.25. The fourth-order valence-electron chi connectivity index (χ4n) is 1.46. The zero-order valence-electron chi connectivity index (χ0n) is 8.58. The molecule has 0 amide bonds. The summed E-state index contributed by atoms with van der Waals surface area (Å²) in [5, 5.41) is 9.72. The monoisotopic (exact) mass is 232 g/mol. The van der Waals surface area contributed by atoms with Crippen molar-refractivity contribution >= 4 is 6.29 Å². The minimum atomic E-state index is -0.908. The predicted molar refractivity (Wildman–Crippen MR) is 59.7 cm³/mol. The molecule has 1 heterocycles. The van der Waals surface area contributed by atoms with Crippen LogP contribution in [0.2, 0.25) is 0 Å². The van der Waals surface area contributed by atoms with Gasteiger partial charge in [0.15, 0.2) is 6.29 Å². The molecule has 0 spiro atoms. The second-order valence-corrected chi connectivity index (χ2v) is 3.29. The van der Waals surface area contributed by atoms with Crippen molar-refractivity contribution in [1.29, 1.82) is 0 Å². The topological polar surface area (TPSA) is 92.2 Å². The van der Waals surface area contributed by atoms with Crippen LogP contribution in [0.4, 0.5) is 0 Å². The lowest BCUT2D eigenvalue weighted by Gasteiger charge is -2.08. The van der Waals surface area contributed by atoms with Crippen molar-refractivity contribution in [3.05, 3.63) is 56.7 Å². The third-order valence-corrected chi connectivity index (χ3v) is 2.25. The minimum Gasteiger partial charge on any atom is -0.493 e. The molecule has 6 nitrogen and oxygen atoms in total. The van der Waals surface area contributed by atoms with Gasteiger partial charge in [-0.2, -0.15) is 0 Å². The number of hydrogen-bond acceptors (Lipinski definition) is 4. The zero-order chi connectivity index (χ0) is 12.4. The summed E-state index contributed by atoms with van der Waals surface area (Å²) in [6.45, 7) is 0. The maximum Gasteiger partial charge on any atom is 0.335 e. The van der Waals surface area contributed by atoms with Crippen molar-refractivity contribution in [3.8, 4) is 11.6 Å². The Morgan fingerprint density at radius 3 is 2.41 bits per heavy atom. The summed E-state index contributed by atoms with van der Waals surface area (Å²) >= 11 is 0. The Kier molecular flexibility index (Phi) is 2.61. The van der Waals surface area contributed by atoms with Crippen LogP contribution in [0.15, 0.2) is 39.9 Å². The molecule has 2 rings (SSSR count). The molecule has 0 aliphatic heterocycles. The number of aromatic nitrogens is 2. The summed E-state index contributed by atoms with van der Waals surface area (Å²) < 4.78 is 0.852. The van der Waals surface area contributed by atoms with Gasteiger partial charge in [0.25, 0.3) is 5.56 Å². The average Bonchev–Trinajstić information content (AvgIpc) is 2.30. The van der Waals surface area contributed by atoms with Crippen molar-refractivity contribution in [2.75, 3.05) is 0 Å². The van der Waals surface area contributed by atoms with E-state index < -0.39 is 22.7 Å². The summed E-state index contributed by atoms with van der Waals surface area (Å²) in [6, 6.07) is 8.18. The standard InChI is InChI=1S/C11H8N2O4/c14-6-8-9(15)12-11(17)13(10(8)16)7-4-2-1-3-5-7/h1-6,16H,(H,12,15,17). The van der Waals surface area contributed by atoms with E-state index in [9.17, 15) is 19.5 Å². The highest BCUT2D eigenvalue weighted by atomic mass is 16.3. The van der Waals surface area contributed by atoms with Gasteiger partial charge < -0.3 is 5.11 Å². The number of benzene rings is 1. The number of rotatable bonds is 2. The molecule has 86 valence electrons. The van der Waals surface area contributed by atoms with Gasteiger partial charge in [-0.25, -0.2) is 9.36 Å². The van der Waals surface area contributed by atoms with E-state index >= 15 is 0 Å². The van der Waals surface area contributed by atoms with Crippen molar-refractivity contribution in [1.82, 2.24) is 9.55 Å². The van der Waals surface area contributed by atoms with Gasteiger partial charge in [-0.1, -0.05) is 18.2 Å². The Bertz CT molecular complexity index is 670. The van der Waals surface area contributed by atoms with Crippen molar-refractivity contribution < 1.29 is 9.90 Å². The highest BCUT2D eigenvalue weighted by Crippen LogP contribution is 2.14. The lowest BCUT2D eigenvalue weighted by Crippen LogP contribution is -2.31. The molecule has 0 saturated heterocycles. The van der Waals surface area contributed by atoms with Crippen molar-refractivity contribution in [2.24, 2.45) is 0 Å². The molecule has 2 N–H and O–H groups in total. The number of nitrogens with zero attached hydrogens (tertiary/aromatic N) is 1. The Morgan fingerprint density at radius 2 is 1.82 bits per heavy atom. The van der Waals surface area contributed by atoms with E-state index in [0.29, 0.717) is 5.69 Å². The van der Waals surface area contributed by atoms with E-state index in [1.54, 1.807) is 30.3 Å². The van der Waals surface area contributed by atoms with Crippen molar-refractivity contribution in [2.45, 2.75) is 0 Å². The first-order chi connectivity index (χ1) is 8.15. The maximum absolute atomic E-state index is 11.6. The maximum atomic E-state index is 11.6. The summed E-state index contributed by atoms with van der Waals surface area (Å²) in [7, 11) is 0. The van der Waals surface area contributed by atoms with Crippen LogP contribution in [0.3, 0.4) is 0 Å². The molecule has 0 radical (unpaired) electrons. The normalized spacial score (nSPS) is 10.1. The number of carbonyl (C=O) groups is 1. The van der Waals surface area contributed by atoms with E-state index in [1.807, 2.05) is 4.98 Å². The molecule has 6 heteroatoms. The van der Waals surface area contributed by atoms with Gasteiger partial charge in [-0.3, -0.25) is 14.6 Å². The lowest BCUT2D eigenvalue weighted by atomic mass is 10.3. The lowest BCUT2D eigenvalue weighted by molar-refractivity contribution is 0.111. The molecule has 0 unspecified atom stereocenters. The molecule has 0 bridgehead atoms. The van der Waals surface area contributed by atoms with Gasteiger partial charge in [0, 0.05) is 0 Å². The Labute approximate surface area is 94.8 Å². The van der Waals surface area contributed by atoms with E-state index in [2.05, 4.69) is 0 Å². The number of nitrogens with one attached hydrogen (secondary N) is 1. The molecule has 0 aliphatic rings. The van der Waals surface area contributed by atoms with Gasteiger partial charge in [-0.05, 0) is 12.1 Å². The zero-order valence-corrected chi connectivity index (χ0v) is 8.58. The first-order valence-electron chi connectivity index (χ1n) is 4.74. The third kappa shape index (κ3) is 1.76. The van der Waals surface area contributed by atoms with Crippen molar-refractivity contribution in [3.63, 3.8) is 0 Å². The Morgan fingerprint density at radius 1 is 1.18 bits per heavy atom. The summed E-state index contributed by atoms with van der Waals surface area (Å²) in [5.41, 5.74) is -1.83. The average molecular weight is 232 g/mol.